The topological polar surface area (TPSA) is 92.3 Å². The van der Waals surface area contributed by atoms with E-state index >= 15 is 0 Å². The van der Waals surface area contributed by atoms with Crippen molar-refractivity contribution in [3.05, 3.63) is 52.5 Å². The molecule has 0 fully saturated rings. The average molecular weight is 343 g/mol. The van der Waals surface area contributed by atoms with Crippen molar-refractivity contribution in [2.24, 2.45) is 0 Å². The molecule has 0 aliphatic rings. The highest BCUT2D eigenvalue weighted by atomic mass is 35.5. The predicted octanol–water partition coefficient (Wildman–Crippen LogP) is 3.08. The second-order valence-corrected chi connectivity index (χ2v) is 4.88. The van der Waals surface area contributed by atoms with Crippen molar-refractivity contribution in [1.82, 2.24) is 0 Å². The van der Waals surface area contributed by atoms with Crippen molar-refractivity contribution in [3.8, 4) is 29.4 Å². The molecule has 0 amide bonds. The van der Waals surface area contributed by atoms with Gasteiger partial charge in [0.2, 0.25) is 0 Å². The highest BCUT2D eigenvalue weighted by Crippen LogP contribution is 2.36. The summed E-state index contributed by atoms with van der Waals surface area (Å²) < 4.78 is 15.5. The number of ether oxygens (including phenoxy) is 3. The molecule has 0 unspecified atom stereocenters. The molecule has 0 atom stereocenters. The monoisotopic (exact) mass is 342 g/mol. The number of hydrogen-bond donors (Lipinski definition) is 0. The van der Waals surface area contributed by atoms with Crippen LogP contribution < -0.4 is 14.2 Å². The van der Waals surface area contributed by atoms with Gasteiger partial charge in [0.05, 0.1) is 29.3 Å². The van der Waals surface area contributed by atoms with Crippen molar-refractivity contribution in [3.63, 3.8) is 0 Å². The minimum atomic E-state index is -0.729. The maximum Gasteiger partial charge on any atom is 0.349 e. The zero-order valence-corrected chi connectivity index (χ0v) is 13.3. The number of halogens is 1. The zero-order chi connectivity index (χ0) is 17.5. The Morgan fingerprint density at radius 1 is 1.17 bits per heavy atom. The van der Waals surface area contributed by atoms with Crippen LogP contribution in [0.2, 0.25) is 5.02 Å². The Kier molecular flexibility index (Phi) is 5.62. The Morgan fingerprint density at radius 3 is 2.58 bits per heavy atom. The zero-order valence-electron chi connectivity index (χ0n) is 12.6. The third-order valence-corrected chi connectivity index (χ3v) is 3.21. The lowest BCUT2D eigenvalue weighted by molar-refractivity contribution is -0.136. The number of nitriles is 2. The second-order valence-electron chi connectivity index (χ2n) is 4.47. The van der Waals surface area contributed by atoms with Gasteiger partial charge in [-0.2, -0.15) is 10.5 Å². The minimum absolute atomic E-state index is 0.000310. The molecular formula is C17H11ClN2O4. The van der Waals surface area contributed by atoms with E-state index in [-0.39, 0.29) is 27.8 Å². The van der Waals surface area contributed by atoms with Gasteiger partial charge in [0.25, 0.3) is 0 Å². The standard InChI is InChI=1S/C17H11ClN2O4/c1-22-15-7-11(8-19)6-13(18)17(15)24-16(21)10-23-14-5-3-2-4-12(14)9-20/h2-7H,10H2,1H3. The molecule has 0 saturated heterocycles. The molecule has 0 radical (unpaired) electrons. The number of carbonyl (C=O) groups is 1. The lowest BCUT2D eigenvalue weighted by Crippen LogP contribution is -2.18. The van der Waals surface area contributed by atoms with Crippen molar-refractivity contribution in [2.45, 2.75) is 0 Å². The van der Waals surface area contributed by atoms with Gasteiger partial charge in [-0.05, 0) is 18.2 Å². The normalized spacial score (nSPS) is 9.50. The molecule has 2 rings (SSSR count). The van der Waals surface area contributed by atoms with Gasteiger partial charge < -0.3 is 14.2 Å². The fourth-order valence-corrected chi connectivity index (χ4v) is 2.10. The lowest BCUT2D eigenvalue weighted by atomic mass is 10.2. The molecule has 0 spiro atoms. The van der Waals surface area contributed by atoms with Crippen LogP contribution in [-0.2, 0) is 4.79 Å². The molecule has 24 heavy (non-hydrogen) atoms. The molecular weight excluding hydrogens is 332 g/mol. The third-order valence-electron chi connectivity index (χ3n) is 2.93. The summed E-state index contributed by atoms with van der Waals surface area (Å²) in [5.41, 5.74) is 0.579. The number of esters is 1. The fraction of sp³-hybridized carbons (Fsp3) is 0.118. The van der Waals surface area contributed by atoms with E-state index in [2.05, 4.69) is 0 Å². The summed E-state index contributed by atoms with van der Waals surface area (Å²) >= 11 is 6.01. The van der Waals surface area contributed by atoms with E-state index in [0.29, 0.717) is 5.56 Å². The molecule has 0 aromatic heterocycles. The molecule has 2 aromatic carbocycles. The summed E-state index contributed by atoms with van der Waals surface area (Å²) in [5.74, 6) is -0.298. The summed E-state index contributed by atoms with van der Waals surface area (Å²) in [6.07, 6.45) is 0. The maximum atomic E-state index is 12.0. The number of benzene rings is 2. The summed E-state index contributed by atoms with van der Waals surface area (Å²) in [7, 11) is 1.36. The Balaban J connectivity index is 2.11. The van der Waals surface area contributed by atoms with Crippen LogP contribution in [0.25, 0.3) is 0 Å². The molecule has 0 heterocycles. The van der Waals surface area contributed by atoms with E-state index in [4.69, 9.17) is 36.3 Å². The summed E-state index contributed by atoms with van der Waals surface area (Å²) in [6.45, 7) is -0.418. The summed E-state index contributed by atoms with van der Waals surface area (Å²) in [5, 5.41) is 17.9. The van der Waals surface area contributed by atoms with Crippen LogP contribution in [0.4, 0.5) is 0 Å². The molecule has 0 saturated carbocycles. The first-order valence-corrected chi connectivity index (χ1v) is 7.07. The number of nitrogens with zero attached hydrogens (tertiary/aromatic N) is 2. The summed E-state index contributed by atoms with van der Waals surface area (Å²) in [4.78, 5) is 12.0. The van der Waals surface area contributed by atoms with E-state index in [1.54, 1.807) is 24.3 Å². The quantitative estimate of drug-likeness (QED) is 0.612. The van der Waals surface area contributed by atoms with Gasteiger partial charge in [-0.1, -0.05) is 23.7 Å². The molecule has 0 N–H and O–H groups in total. The first-order chi connectivity index (χ1) is 11.6. The largest absolute Gasteiger partial charge is 0.493 e. The number of para-hydroxylation sites is 1. The highest BCUT2D eigenvalue weighted by Gasteiger charge is 2.17. The van der Waals surface area contributed by atoms with Crippen LogP contribution in [0.5, 0.6) is 17.2 Å². The summed E-state index contributed by atoms with van der Waals surface area (Å²) in [6, 6.07) is 13.2. The Labute approximate surface area is 143 Å². The number of hydrogen-bond acceptors (Lipinski definition) is 6. The molecule has 0 bridgehead atoms. The van der Waals surface area contributed by atoms with Gasteiger partial charge in [-0.25, -0.2) is 4.79 Å². The van der Waals surface area contributed by atoms with Crippen LogP contribution >= 0.6 is 11.6 Å². The van der Waals surface area contributed by atoms with Gasteiger partial charge in [0.15, 0.2) is 18.1 Å². The third kappa shape index (κ3) is 3.95. The lowest BCUT2D eigenvalue weighted by Gasteiger charge is -2.12. The van der Waals surface area contributed by atoms with Gasteiger partial charge in [-0.3, -0.25) is 0 Å². The van der Waals surface area contributed by atoms with E-state index in [1.807, 2.05) is 12.1 Å². The Morgan fingerprint density at radius 2 is 1.92 bits per heavy atom. The molecule has 0 aliphatic carbocycles. The van der Waals surface area contributed by atoms with Crippen LogP contribution in [0, 0.1) is 22.7 Å². The fourth-order valence-electron chi connectivity index (χ4n) is 1.85. The maximum absolute atomic E-state index is 12.0. The number of methoxy groups -OCH3 is 1. The highest BCUT2D eigenvalue weighted by molar-refractivity contribution is 6.32. The Hall–Kier alpha value is -3.22. The molecule has 120 valence electrons. The van der Waals surface area contributed by atoms with E-state index in [9.17, 15) is 4.79 Å². The van der Waals surface area contributed by atoms with Gasteiger partial charge in [-0.15, -0.1) is 0 Å². The number of rotatable bonds is 5. The molecule has 7 heteroatoms. The average Bonchev–Trinajstić information content (AvgIpc) is 2.61. The van der Waals surface area contributed by atoms with Crippen LogP contribution in [0.15, 0.2) is 36.4 Å². The van der Waals surface area contributed by atoms with Crippen molar-refractivity contribution >= 4 is 17.6 Å². The molecule has 6 nitrogen and oxygen atoms in total. The second kappa shape index (κ2) is 7.87. The first kappa shape index (κ1) is 17.1. The van der Waals surface area contributed by atoms with Crippen molar-refractivity contribution in [1.29, 1.82) is 10.5 Å². The van der Waals surface area contributed by atoms with Crippen LogP contribution in [0.3, 0.4) is 0 Å². The molecule has 2 aromatic rings. The van der Waals surface area contributed by atoms with Gasteiger partial charge in [0.1, 0.15) is 11.8 Å². The van der Waals surface area contributed by atoms with E-state index in [0.717, 1.165) is 0 Å². The van der Waals surface area contributed by atoms with E-state index < -0.39 is 12.6 Å². The number of carbonyl (C=O) groups excluding carboxylic acids is 1. The SMILES string of the molecule is COc1cc(C#N)cc(Cl)c1OC(=O)COc1ccccc1C#N. The van der Waals surface area contributed by atoms with Crippen molar-refractivity contribution < 1.29 is 19.0 Å². The minimum Gasteiger partial charge on any atom is -0.493 e. The molecule has 0 aliphatic heterocycles. The van der Waals surface area contributed by atoms with Crippen LogP contribution in [0.1, 0.15) is 11.1 Å². The van der Waals surface area contributed by atoms with Crippen LogP contribution in [-0.4, -0.2) is 19.7 Å². The first-order valence-electron chi connectivity index (χ1n) is 6.69. The van der Waals surface area contributed by atoms with Crippen molar-refractivity contribution in [2.75, 3.05) is 13.7 Å². The smallest absolute Gasteiger partial charge is 0.349 e. The van der Waals surface area contributed by atoms with Gasteiger partial charge >= 0.3 is 5.97 Å². The van der Waals surface area contributed by atoms with Gasteiger partial charge in [0, 0.05) is 6.07 Å². The Bertz CT molecular complexity index is 853. The predicted molar refractivity (Wildman–Crippen MR) is 85.0 cm³/mol. The van der Waals surface area contributed by atoms with E-state index in [1.165, 1.54) is 19.2 Å².